The van der Waals surface area contributed by atoms with E-state index in [0.29, 0.717) is 11.1 Å². The van der Waals surface area contributed by atoms with Gasteiger partial charge in [-0.2, -0.15) is 0 Å². The van der Waals surface area contributed by atoms with Crippen molar-refractivity contribution in [1.82, 2.24) is 0 Å². The molecule has 1 saturated heterocycles. The van der Waals surface area contributed by atoms with Gasteiger partial charge in [-0.3, -0.25) is 10.8 Å². The molecule has 5 nitrogen and oxygen atoms in total. The summed E-state index contributed by atoms with van der Waals surface area (Å²) in [7, 11) is -0.474. The van der Waals surface area contributed by atoms with Gasteiger partial charge in [-0.1, -0.05) is 78.9 Å². The van der Waals surface area contributed by atoms with E-state index in [1.54, 1.807) is 12.1 Å². The summed E-state index contributed by atoms with van der Waals surface area (Å²) in [4.78, 5) is 0. The Hall–Kier alpha value is -4.00. The number of rotatable bonds is 5. The third-order valence-electron chi connectivity index (χ3n) is 7.36. The van der Waals surface area contributed by atoms with Gasteiger partial charge in [0.2, 0.25) is 11.8 Å². The van der Waals surface area contributed by atoms with Crippen LogP contribution in [0, 0.1) is 10.8 Å². The summed E-state index contributed by atoms with van der Waals surface area (Å²) < 4.78 is 18.4. The predicted molar refractivity (Wildman–Crippen MR) is 154 cm³/mol. The van der Waals surface area contributed by atoms with E-state index in [1.165, 1.54) is 0 Å². The molecule has 0 saturated carbocycles. The number of hydrogen-bond donors (Lipinski definition) is 2. The van der Waals surface area contributed by atoms with E-state index in [-0.39, 0.29) is 11.8 Å². The molecule has 4 aromatic carbocycles. The van der Waals surface area contributed by atoms with Crippen molar-refractivity contribution in [3.63, 3.8) is 0 Å². The molecule has 5 rings (SSSR count). The fourth-order valence-corrected chi connectivity index (χ4v) is 4.53. The third kappa shape index (κ3) is 4.93. The molecule has 4 aromatic rings. The first-order chi connectivity index (χ1) is 18.2. The van der Waals surface area contributed by atoms with Crippen molar-refractivity contribution in [3.8, 4) is 22.3 Å². The van der Waals surface area contributed by atoms with Crippen LogP contribution in [0.4, 0.5) is 0 Å². The molecule has 0 spiro atoms. The molecule has 0 bridgehead atoms. The van der Waals surface area contributed by atoms with E-state index in [0.717, 1.165) is 27.7 Å². The quantitative estimate of drug-likeness (QED) is 0.181. The second kappa shape index (κ2) is 10.0. The summed E-state index contributed by atoms with van der Waals surface area (Å²) in [6, 6.07) is 33.2. The largest absolute Gasteiger partial charge is 0.495 e. The lowest BCUT2D eigenvalue weighted by atomic mass is 9.74. The third-order valence-corrected chi connectivity index (χ3v) is 7.36. The van der Waals surface area contributed by atoms with Crippen LogP contribution in [0.1, 0.15) is 38.8 Å². The molecule has 0 amide bonds. The average Bonchev–Trinajstić information content (AvgIpc) is 3.15. The first-order valence-electron chi connectivity index (χ1n) is 12.7. The SMILES string of the molecule is CC1(C)OB(c2ccccc2-c2cccc(-c3ccccc3C(=N)OC(=N)c3ccccc3)c2)OC1(C)C. The lowest BCUT2D eigenvalue weighted by molar-refractivity contribution is 0.00578. The molecule has 6 heteroatoms. The van der Waals surface area contributed by atoms with Gasteiger partial charge in [0, 0.05) is 11.1 Å². The molecule has 0 atom stereocenters. The molecule has 0 unspecified atom stereocenters. The van der Waals surface area contributed by atoms with Crippen molar-refractivity contribution in [2.24, 2.45) is 0 Å². The van der Waals surface area contributed by atoms with Crippen LogP contribution < -0.4 is 5.46 Å². The lowest BCUT2D eigenvalue weighted by Gasteiger charge is -2.32. The highest BCUT2D eigenvalue weighted by Gasteiger charge is 2.52. The standard InChI is InChI=1S/C32H31BN2O3/c1-31(2)32(3,4)38-33(37-31)28-20-11-10-18-26(28)24-16-12-15-23(21-24)25-17-8-9-19-27(25)30(35)36-29(34)22-13-6-5-7-14-22/h5-21,34-35H,1-4H3. The van der Waals surface area contributed by atoms with Crippen LogP contribution in [-0.4, -0.2) is 30.1 Å². The van der Waals surface area contributed by atoms with Crippen LogP contribution >= 0.6 is 0 Å². The fourth-order valence-electron chi connectivity index (χ4n) is 4.53. The minimum absolute atomic E-state index is 0.0597. The highest BCUT2D eigenvalue weighted by Crippen LogP contribution is 2.37. The molecule has 0 aromatic heterocycles. The normalized spacial score (nSPS) is 15.7. The monoisotopic (exact) mass is 502 g/mol. The van der Waals surface area contributed by atoms with Gasteiger partial charge in [0.1, 0.15) is 0 Å². The Morgan fingerprint density at radius 2 is 1.18 bits per heavy atom. The van der Waals surface area contributed by atoms with Gasteiger partial charge in [0.05, 0.1) is 11.2 Å². The summed E-state index contributed by atoms with van der Waals surface area (Å²) >= 11 is 0. The molecule has 38 heavy (non-hydrogen) atoms. The van der Waals surface area contributed by atoms with Crippen molar-refractivity contribution in [3.05, 3.63) is 114 Å². The molecule has 1 aliphatic heterocycles. The maximum absolute atomic E-state index is 8.64. The van der Waals surface area contributed by atoms with Crippen LogP contribution in [0.5, 0.6) is 0 Å². The van der Waals surface area contributed by atoms with Gasteiger partial charge in [-0.05, 0) is 79.7 Å². The molecule has 1 heterocycles. The molecular formula is C32H31BN2O3. The van der Waals surface area contributed by atoms with Gasteiger partial charge in [0.25, 0.3) is 0 Å². The Labute approximate surface area is 224 Å². The van der Waals surface area contributed by atoms with Crippen LogP contribution in [0.2, 0.25) is 0 Å². The van der Waals surface area contributed by atoms with Crippen molar-refractivity contribution in [2.45, 2.75) is 38.9 Å². The van der Waals surface area contributed by atoms with Crippen molar-refractivity contribution >= 4 is 24.4 Å². The molecule has 0 radical (unpaired) electrons. The highest BCUT2D eigenvalue weighted by molar-refractivity contribution is 6.63. The predicted octanol–water partition coefficient (Wildman–Crippen LogP) is 6.69. The van der Waals surface area contributed by atoms with Gasteiger partial charge in [0.15, 0.2) is 0 Å². The fraction of sp³-hybridized carbons (Fsp3) is 0.188. The maximum Gasteiger partial charge on any atom is 0.495 e. The zero-order valence-corrected chi connectivity index (χ0v) is 22.1. The lowest BCUT2D eigenvalue weighted by Crippen LogP contribution is -2.41. The Kier molecular flexibility index (Phi) is 6.78. The van der Waals surface area contributed by atoms with Gasteiger partial charge < -0.3 is 14.0 Å². The number of hydrogen-bond acceptors (Lipinski definition) is 5. The van der Waals surface area contributed by atoms with Gasteiger partial charge in [-0.15, -0.1) is 0 Å². The van der Waals surface area contributed by atoms with Crippen LogP contribution in [-0.2, 0) is 14.0 Å². The molecule has 2 N–H and O–H groups in total. The van der Waals surface area contributed by atoms with Crippen LogP contribution in [0.25, 0.3) is 22.3 Å². The van der Waals surface area contributed by atoms with Crippen molar-refractivity contribution < 1.29 is 14.0 Å². The minimum atomic E-state index is -0.474. The molecule has 1 fully saturated rings. The summed E-state index contributed by atoms with van der Waals surface area (Å²) in [6.07, 6.45) is 0. The Bertz CT molecular complexity index is 1480. The highest BCUT2D eigenvalue weighted by atomic mass is 16.7. The van der Waals surface area contributed by atoms with E-state index < -0.39 is 18.3 Å². The van der Waals surface area contributed by atoms with Crippen LogP contribution in [0.3, 0.4) is 0 Å². The topological polar surface area (TPSA) is 75.4 Å². The Morgan fingerprint density at radius 3 is 1.87 bits per heavy atom. The van der Waals surface area contributed by atoms with Crippen LogP contribution in [0.15, 0.2) is 103 Å². The second-order valence-electron chi connectivity index (χ2n) is 10.4. The Morgan fingerprint density at radius 1 is 0.632 bits per heavy atom. The molecule has 1 aliphatic rings. The van der Waals surface area contributed by atoms with E-state index in [4.69, 9.17) is 24.9 Å². The maximum atomic E-state index is 8.64. The molecule has 0 aliphatic carbocycles. The first-order valence-corrected chi connectivity index (χ1v) is 12.7. The van der Waals surface area contributed by atoms with Gasteiger partial charge >= 0.3 is 7.12 Å². The van der Waals surface area contributed by atoms with Crippen molar-refractivity contribution in [1.29, 1.82) is 10.8 Å². The number of nitrogens with one attached hydrogen (secondary N) is 2. The van der Waals surface area contributed by atoms with E-state index in [2.05, 4.69) is 52.0 Å². The number of ether oxygens (including phenoxy) is 1. The zero-order chi connectivity index (χ0) is 26.9. The van der Waals surface area contributed by atoms with Gasteiger partial charge in [-0.25, -0.2) is 0 Å². The van der Waals surface area contributed by atoms with Crippen molar-refractivity contribution in [2.75, 3.05) is 0 Å². The zero-order valence-electron chi connectivity index (χ0n) is 22.1. The second-order valence-corrected chi connectivity index (χ2v) is 10.4. The van der Waals surface area contributed by atoms with E-state index >= 15 is 0 Å². The summed E-state index contributed by atoms with van der Waals surface area (Å²) in [6.45, 7) is 8.23. The summed E-state index contributed by atoms with van der Waals surface area (Å²) in [5, 5.41) is 16.9. The molecular weight excluding hydrogens is 471 g/mol. The van der Waals surface area contributed by atoms with E-state index in [9.17, 15) is 0 Å². The first kappa shape index (κ1) is 25.6. The molecule has 190 valence electrons. The Balaban J connectivity index is 1.47. The minimum Gasteiger partial charge on any atom is -0.421 e. The van der Waals surface area contributed by atoms with E-state index in [1.807, 2.05) is 66.7 Å². The summed E-state index contributed by atoms with van der Waals surface area (Å²) in [5.41, 5.74) is 5.20. The number of benzene rings is 4. The average molecular weight is 502 g/mol. The summed E-state index contributed by atoms with van der Waals surface area (Å²) in [5.74, 6) is -0.132. The smallest absolute Gasteiger partial charge is 0.421 e.